The van der Waals surface area contributed by atoms with Crippen LogP contribution in [0.3, 0.4) is 0 Å². The summed E-state index contributed by atoms with van der Waals surface area (Å²) >= 11 is 0. The van der Waals surface area contributed by atoms with Crippen LogP contribution < -0.4 is 20.5 Å². The van der Waals surface area contributed by atoms with Crippen molar-refractivity contribution in [3.05, 3.63) is 16.7 Å². The van der Waals surface area contributed by atoms with E-state index in [1.807, 2.05) is 14.1 Å². The molecular formula is C13H22N4O2. The lowest BCUT2D eigenvalue weighted by molar-refractivity contribution is 0.346. The van der Waals surface area contributed by atoms with Gasteiger partial charge in [0.1, 0.15) is 0 Å². The summed E-state index contributed by atoms with van der Waals surface area (Å²) in [6, 6.07) is 1.02. The molecule has 0 saturated heterocycles. The minimum Gasteiger partial charge on any atom is -0.489 e. The van der Waals surface area contributed by atoms with Crippen LogP contribution in [0.15, 0.2) is 11.1 Å². The van der Waals surface area contributed by atoms with Crippen molar-refractivity contribution in [2.75, 3.05) is 26.1 Å². The maximum absolute atomic E-state index is 11.7. The molecule has 0 spiro atoms. The van der Waals surface area contributed by atoms with Gasteiger partial charge in [0.05, 0.1) is 13.4 Å². The number of aromatic amines is 1. The van der Waals surface area contributed by atoms with Gasteiger partial charge in [0.25, 0.3) is 5.56 Å². The van der Waals surface area contributed by atoms with Crippen molar-refractivity contribution in [1.29, 1.82) is 0 Å². The number of H-pyrrole nitrogens is 1. The smallest absolute Gasteiger partial charge is 0.295 e. The fourth-order valence-electron chi connectivity index (χ4n) is 2.74. The molecule has 1 heterocycles. The van der Waals surface area contributed by atoms with E-state index in [0.29, 0.717) is 23.7 Å². The maximum atomic E-state index is 11.7. The van der Waals surface area contributed by atoms with Crippen molar-refractivity contribution in [2.45, 2.75) is 37.8 Å². The van der Waals surface area contributed by atoms with Gasteiger partial charge in [-0.3, -0.25) is 4.79 Å². The van der Waals surface area contributed by atoms with Gasteiger partial charge in [-0.2, -0.15) is 0 Å². The third kappa shape index (κ3) is 2.89. The molecule has 6 nitrogen and oxygen atoms in total. The van der Waals surface area contributed by atoms with Crippen molar-refractivity contribution < 1.29 is 4.74 Å². The molecule has 0 radical (unpaired) electrons. The summed E-state index contributed by atoms with van der Waals surface area (Å²) in [5.74, 6) is 0.917. The molecule has 1 aliphatic rings. The molecule has 0 aromatic carbocycles. The Morgan fingerprint density at radius 2 is 2.11 bits per heavy atom. The Balaban J connectivity index is 2.14. The topological polar surface area (TPSA) is 70.2 Å². The Labute approximate surface area is 113 Å². The molecule has 0 atom stereocenters. The molecule has 2 rings (SSSR count). The van der Waals surface area contributed by atoms with Crippen LogP contribution in [0.5, 0.6) is 5.75 Å². The summed E-state index contributed by atoms with van der Waals surface area (Å²) < 4.78 is 5.17. The van der Waals surface area contributed by atoms with Gasteiger partial charge >= 0.3 is 0 Å². The van der Waals surface area contributed by atoms with Crippen LogP contribution in [0, 0.1) is 0 Å². The lowest BCUT2D eigenvalue weighted by atomic mass is 9.90. The largest absolute Gasteiger partial charge is 0.489 e. The highest BCUT2D eigenvalue weighted by Gasteiger charge is 2.26. The Bertz CT molecular complexity index is 466. The van der Waals surface area contributed by atoms with Crippen LogP contribution >= 0.6 is 0 Å². The normalized spacial score (nSPS) is 23.1. The van der Waals surface area contributed by atoms with E-state index in [1.54, 1.807) is 0 Å². The average Bonchev–Trinajstić information content (AvgIpc) is 2.46. The summed E-state index contributed by atoms with van der Waals surface area (Å²) in [6.45, 7) is 0. The number of ether oxygens (including phenoxy) is 1. The van der Waals surface area contributed by atoms with E-state index < -0.39 is 0 Å². The summed E-state index contributed by atoms with van der Waals surface area (Å²) in [4.78, 5) is 20.6. The number of methoxy groups -OCH3 is 1. The second-order valence-corrected chi connectivity index (χ2v) is 4.99. The number of nitrogens with zero attached hydrogens (tertiary/aromatic N) is 2. The van der Waals surface area contributed by atoms with Crippen LogP contribution in [0.1, 0.15) is 25.7 Å². The number of hydrogen-bond donors (Lipinski definition) is 2. The minimum absolute atomic E-state index is 0.233. The first kappa shape index (κ1) is 13.9. The molecule has 1 aromatic heterocycles. The highest BCUT2D eigenvalue weighted by atomic mass is 16.5. The molecule has 2 N–H and O–H groups in total. The molecule has 0 unspecified atom stereocenters. The predicted molar refractivity (Wildman–Crippen MR) is 74.9 cm³/mol. The molecule has 0 aliphatic heterocycles. The van der Waals surface area contributed by atoms with Gasteiger partial charge in [-0.1, -0.05) is 0 Å². The average molecular weight is 266 g/mol. The van der Waals surface area contributed by atoms with Crippen molar-refractivity contribution >= 4 is 5.82 Å². The van der Waals surface area contributed by atoms with Crippen molar-refractivity contribution in [3.8, 4) is 5.75 Å². The van der Waals surface area contributed by atoms with E-state index in [2.05, 4.69) is 20.2 Å². The first-order valence-electron chi connectivity index (χ1n) is 6.69. The van der Waals surface area contributed by atoms with Crippen molar-refractivity contribution in [3.63, 3.8) is 0 Å². The van der Waals surface area contributed by atoms with E-state index in [1.165, 1.54) is 13.4 Å². The Kier molecular flexibility index (Phi) is 4.42. The number of nitrogens with one attached hydrogen (secondary N) is 2. The Morgan fingerprint density at radius 1 is 1.42 bits per heavy atom. The second-order valence-electron chi connectivity index (χ2n) is 4.99. The molecule has 106 valence electrons. The minimum atomic E-state index is -0.233. The fourth-order valence-corrected chi connectivity index (χ4v) is 2.74. The molecule has 1 aliphatic carbocycles. The summed E-state index contributed by atoms with van der Waals surface area (Å²) in [5, 5.41) is 3.32. The second kappa shape index (κ2) is 6.06. The molecule has 1 saturated carbocycles. The number of hydrogen-bond acceptors (Lipinski definition) is 5. The van der Waals surface area contributed by atoms with E-state index in [4.69, 9.17) is 4.74 Å². The van der Waals surface area contributed by atoms with Crippen molar-refractivity contribution in [1.82, 2.24) is 15.3 Å². The van der Waals surface area contributed by atoms with Gasteiger partial charge < -0.3 is 19.9 Å². The third-order valence-electron chi connectivity index (χ3n) is 3.98. The molecule has 1 fully saturated rings. The van der Waals surface area contributed by atoms with Crippen LogP contribution in [0.2, 0.25) is 0 Å². The standard InChI is InChI=1S/C13H22N4O2/c1-14-9-4-6-10(7-5-9)17(2)12-11(19-3)13(18)16-8-15-12/h8-10,14H,4-7H2,1-3H3,(H,15,16,18). The van der Waals surface area contributed by atoms with Crippen molar-refractivity contribution in [2.24, 2.45) is 0 Å². The maximum Gasteiger partial charge on any atom is 0.295 e. The predicted octanol–water partition coefficient (Wildman–Crippen LogP) is 0.745. The van der Waals surface area contributed by atoms with E-state index in [-0.39, 0.29) is 5.56 Å². The van der Waals surface area contributed by atoms with Crippen LogP contribution in [0.25, 0.3) is 0 Å². The molecular weight excluding hydrogens is 244 g/mol. The first-order chi connectivity index (χ1) is 9.17. The fraction of sp³-hybridized carbons (Fsp3) is 0.692. The zero-order valence-electron chi connectivity index (χ0n) is 11.8. The lowest BCUT2D eigenvalue weighted by Gasteiger charge is -2.35. The zero-order chi connectivity index (χ0) is 13.8. The van der Waals surface area contributed by atoms with Gasteiger partial charge in [-0.15, -0.1) is 0 Å². The van der Waals surface area contributed by atoms with Crippen LogP contribution in [-0.2, 0) is 0 Å². The van der Waals surface area contributed by atoms with Gasteiger partial charge in [0, 0.05) is 19.1 Å². The molecule has 6 heteroatoms. The Morgan fingerprint density at radius 3 is 2.68 bits per heavy atom. The van der Waals surface area contributed by atoms with Gasteiger partial charge in [-0.05, 0) is 32.7 Å². The van der Waals surface area contributed by atoms with Gasteiger partial charge in [0.15, 0.2) is 5.82 Å². The number of anilines is 1. The molecule has 0 bridgehead atoms. The first-order valence-corrected chi connectivity index (χ1v) is 6.69. The summed E-state index contributed by atoms with van der Waals surface area (Å²) in [7, 11) is 5.49. The number of aromatic nitrogens is 2. The monoisotopic (exact) mass is 266 g/mol. The quantitative estimate of drug-likeness (QED) is 0.841. The zero-order valence-corrected chi connectivity index (χ0v) is 11.8. The highest BCUT2D eigenvalue weighted by molar-refractivity contribution is 5.50. The van der Waals surface area contributed by atoms with E-state index >= 15 is 0 Å². The van der Waals surface area contributed by atoms with E-state index in [0.717, 1.165) is 25.7 Å². The summed E-state index contributed by atoms with van der Waals surface area (Å²) in [6.07, 6.45) is 5.92. The van der Waals surface area contributed by atoms with Crippen LogP contribution in [0.4, 0.5) is 5.82 Å². The lowest BCUT2D eigenvalue weighted by Crippen LogP contribution is -2.40. The number of rotatable bonds is 4. The Hall–Kier alpha value is -1.56. The van der Waals surface area contributed by atoms with E-state index in [9.17, 15) is 4.79 Å². The highest BCUT2D eigenvalue weighted by Crippen LogP contribution is 2.28. The van der Waals surface area contributed by atoms with Gasteiger partial charge in [-0.25, -0.2) is 4.98 Å². The molecule has 0 amide bonds. The third-order valence-corrected chi connectivity index (χ3v) is 3.98. The molecule has 19 heavy (non-hydrogen) atoms. The summed E-state index contributed by atoms with van der Waals surface area (Å²) in [5.41, 5.74) is -0.233. The SMILES string of the molecule is CNC1CCC(N(C)c2nc[nH]c(=O)c2OC)CC1. The van der Waals surface area contributed by atoms with Crippen LogP contribution in [-0.4, -0.2) is 43.3 Å². The van der Waals surface area contributed by atoms with Gasteiger partial charge in [0.2, 0.25) is 5.75 Å². The molecule has 1 aromatic rings.